The first-order chi connectivity index (χ1) is 6.06. The maximum absolute atomic E-state index is 11.2. The third-order valence-corrected chi connectivity index (χ3v) is 2.52. The Labute approximate surface area is 76.2 Å². The smallest absolute Gasteiger partial charge is 0.338 e. The zero-order valence-corrected chi connectivity index (χ0v) is 7.49. The van der Waals surface area contributed by atoms with Gasteiger partial charge in [-0.1, -0.05) is 12.6 Å². The van der Waals surface area contributed by atoms with E-state index in [4.69, 9.17) is 5.11 Å². The lowest BCUT2D eigenvalue weighted by molar-refractivity contribution is 0.441. The molecule has 4 nitrogen and oxygen atoms in total. The zero-order valence-electron chi connectivity index (χ0n) is 6.67. The van der Waals surface area contributed by atoms with Gasteiger partial charge in [0.05, 0.1) is 6.26 Å². The lowest BCUT2D eigenvalue weighted by Gasteiger charge is -2.01. The van der Waals surface area contributed by atoms with Gasteiger partial charge < -0.3 is 9.29 Å². The summed E-state index contributed by atoms with van der Waals surface area (Å²) in [5, 5.41) is 9.00. The van der Waals surface area contributed by atoms with Crippen LogP contribution in [0.25, 0.3) is 0 Å². The summed E-state index contributed by atoms with van der Waals surface area (Å²) in [6, 6.07) is 5.19. The fraction of sp³-hybridized carbons (Fsp3) is 0. The van der Waals surface area contributed by atoms with Crippen LogP contribution in [0, 0.1) is 0 Å². The van der Waals surface area contributed by atoms with Gasteiger partial charge in [-0.25, -0.2) is 0 Å². The van der Waals surface area contributed by atoms with Crippen LogP contribution in [-0.4, -0.2) is 13.5 Å². The molecule has 0 atom stereocenters. The van der Waals surface area contributed by atoms with Crippen molar-refractivity contribution in [3.8, 4) is 5.75 Å². The Morgan fingerprint density at radius 2 is 2.15 bits per heavy atom. The van der Waals surface area contributed by atoms with Crippen molar-refractivity contribution >= 4 is 10.1 Å². The second-order valence-corrected chi connectivity index (χ2v) is 3.79. The van der Waals surface area contributed by atoms with Crippen LogP contribution in [0.3, 0.4) is 0 Å². The third kappa shape index (κ3) is 2.22. The number of hydrogen-bond acceptors (Lipinski definition) is 4. The number of rotatable bonds is 3. The van der Waals surface area contributed by atoms with Crippen molar-refractivity contribution in [1.82, 2.24) is 0 Å². The lowest BCUT2D eigenvalue weighted by Crippen LogP contribution is -2.01. The molecule has 1 rings (SSSR count). The van der Waals surface area contributed by atoms with E-state index in [1.165, 1.54) is 18.2 Å². The molecule has 0 aliphatic heterocycles. The summed E-state index contributed by atoms with van der Waals surface area (Å²) in [5.74, 6) is -0.131. The van der Waals surface area contributed by atoms with Gasteiger partial charge in [0.25, 0.3) is 0 Å². The van der Waals surface area contributed by atoms with Gasteiger partial charge in [0.2, 0.25) is 0 Å². The Bertz CT molecular complexity index is 408. The summed E-state index contributed by atoms with van der Waals surface area (Å²) in [6.45, 7) is 3.13. The molecule has 0 aliphatic rings. The minimum absolute atomic E-state index is 0.104. The molecular formula is C8H8O4S. The number of aromatic hydroxyl groups is 1. The van der Waals surface area contributed by atoms with Gasteiger partial charge in [-0.2, -0.15) is 8.42 Å². The molecule has 0 amide bonds. The topological polar surface area (TPSA) is 63.6 Å². The monoisotopic (exact) mass is 200 g/mol. The fourth-order valence-corrected chi connectivity index (χ4v) is 1.58. The maximum Gasteiger partial charge on any atom is 0.338 e. The summed E-state index contributed by atoms with van der Waals surface area (Å²) in [7, 11) is -3.81. The van der Waals surface area contributed by atoms with Crippen LogP contribution in [0.5, 0.6) is 5.75 Å². The van der Waals surface area contributed by atoms with Crippen molar-refractivity contribution in [2.24, 2.45) is 0 Å². The SMILES string of the molecule is C=COS(=O)(=O)c1cccc(O)c1. The van der Waals surface area contributed by atoms with Crippen LogP contribution in [0.2, 0.25) is 0 Å². The average Bonchev–Trinajstić information content (AvgIpc) is 2.04. The molecule has 0 spiro atoms. The molecule has 0 unspecified atom stereocenters. The van der Waals surface area contributed by atoms with Crippen LogP contribution in [0.1, 0.15) is 0 Å². The molecule has 0 saturated carbocycles. The lowest BCUT2D eigenvalue weighted by atomic mass is 10.3. The molecule has 13 heavy (non-hydrogen) atoms. The summed E-state index contributed by atoms with van der Waals surface area (Å²) >= 11 is 0. The second-order valence-electron chi connectivity index (χ2n) is 2.21. The first-order valence-electron chi connectivity index (χ1n) is 3.39. The largest absolute Gasteiger partial charge is 0.508 e. The summed E-state index contributed by atoms with van der Waals surface area (Å²) in [5.41, 5.74) is 0. The van der Waals surface area contributed by atoms with E-state index in [0.717, 1.165) is 12.3 Å². The van der Waals surface area contributed by atoms with E-state index in [1.54, 1.807) is 0 Å². The normalized spacial score (nSPS) is 10.8. The molecule has 0 fully saturated rings. The standard InChI is InChI=1S/C8H8O4S/c1-2-12-13(10,11)8-5-3-4-7(9)6-8/h2-6,9H,1H2. The molecule has 1 N–H and O–H groups in total. The van der Waals surface area contributed by atoms with Crippen molar-refractivity contribution in [1.29, 1.82) is 0 Å². The van der Waals surface area contributed by atoms with E-state index in [0.29, 0.717) is 0 Å². The average molecular weight is 200 g/mol. The molecule has 1 aromatic carbocycles. The molecule has 0 heterocycles. The van der Waals surface area contributed by atoms with Gasteiger partial charge in [0, 0.05) is 6.07 Å². The summed E-state index contributed by atoms with van der Waals surface area (Å²) in [6.07, 6.45) is 0.819. The van der Waals surface area contributed by atoms with E-state index in [-0.39, 0.29) is 10.6 Å². The fourth-order valence-electron chi connectivity index (χ4n) is 0.784. The van der Waals surface area contributed by atoms with Crippen molar-refractivity contribution in [3.63, 3.8) is 0 Å². The van der Waals surface area contributed by atoms with Gasteiger partial charge in [0.15, 0.2) is 0 Å². The first-order valence-corrected chi connectivity index (χ1v) is 4.80. The highest BCUT2D eigenvalue weighted by Gasteiger charge is 2.13. The van der Waals surface area contributed by atoms with E-state index < -0.39 is 10.1 Å². The highest BCUT2D eigenvalue weighted by molar-refractivity contribution is 7.86. The Kier molecular flexibility index (Phi) is 2.57. The Balaban J connectivity index is 3.15. The van der Waals surface area contributed by atoms with Gasteiger partial charge in [-0.3, -0.25) is 0 Å². The van der Waals surface area contributed by atoms with Crippen molar-refractivity contribution < 1.29 is 17.7 Å². The maximum atomic E-state index is 11.2. The highest BCUT2D eigenvalue weighted by Crippen LogP contribution is 2.17. The van der Waals surface area contributed by atoms with Crippen LogP contribution in [0.4, 0.5) is 0 Å². The summed E-state index contributed by atoms with van der Waals surface area (Å²) < 4.78 is 26.7. The predicted octanol–water partition coefficient (Wildman–Crippen LogP) is 1.24. The van der Waals surface area contributed by atoms with Crippen LogP contribution in [-0.2, 0) is 14.3 Å². The Morgan fingerprint density at radius 1 is 1.46 bits per heavy atom. The molecule has 0 radical (unpaired) electrons. The molecular weight excluding hydrogens is 192 g/mol. The van der Waals surface area contributed by atoms with E-state index >= 15 is 0 Å². The van der Waals surface area contributed by atoms with Crippen LogP contribution >= 0.6 is 0 Å². The first kappa shape index (κ1) is 9.60. The summed E-state index contributed by atoms with van der Waals surface area (Å²) in [4.78, 5) is -0.104. The Morgan fingerprint density at radius 3 is 2.69 bits per heavy atom. The van der Waals surface area contributed by atoms with E-state index in [9.17, 15) is 8.42 Å². The van der Waals surface area contributed by atoms with E-state index in [2.05, 4.69) is 10.8 Å². The number of benzene rings is 1. The molecule has 70 valence electrons. The number of phenolic OH excluding ortho intramolecular Hbond substituents is 1. The molecule has 5 heteroatoms. The quantitative estimate of drug-likeness (QED) is 0.589. The molecule has 0 bridgehead atoms. The van der Waals surface area contributed by atoms with E-state index in [1.807, 2.05) is 0 Å². The van der Waals surface area contributed by atoms with Gasteiger partial charge in [-0.05, 0) is 12.1 Å². The number of phenols is 1. The van der Waals surface area contributed by atoms with Gasteiger partial charge >= 0.3 is 10.1 Å². The molecule has 0 aliphatic carbocycles. The third-order valence-electron chi connectivity index (χ3n) is 1.30. The van der Waals surface area contributed by atoms with Crippen molar-refractivity contribution in [3.05, 3.63) is 37.1 Å². The minimum atomic E-state index is -3.81. The number of hydrogen-bond donors (Lipinski definition) is 1. The van der Waals surface area contributed by atoms with Crippen LogP contribution < -0.4 is 0 Å². The zero-order chi connectivity index (χ0) is 9.90. The molecule has 0 saturated heterocycles. The van der Waals surface area contributed by atoms with Gasteiger partial charge in [0.1, 0.15) is 10.6 Å². The molecule has 0 aromatic heterocycles. The molecule has 1 aromatic rings. The Hall–Kier alpha value is -1.49. The highest BCUT2D eigenvalue weighted by atomic mass is 32.2. The van der Waals surface area contributed by atoms with Crippen molar-refractivity contribution in [2.75, 3.05) is 0 Å². The predicted molar refractivity (Wildman–Crippen MR) is 46.6 cm³/mol. The van der Waals surface area contributed by atoms with Crippen LogP contribution in [0.15, 0.2) is 42.0 Å². The second kappa shape index (κ2) is 3.49. The van der Waals surface area contributed by atoms with Crippen molar-refractivity contribution in [2.45, 2.75) is 4.90 Å². The minimum Gasteiger partial charge on any atom is -0.508 e. The van der Waals surface area contributed by atoms with Gasteiger partial charge in [-0.15, -0.1) is 0 Å².